The van der Waals surface area contributed by atoms with Gasteiger partial charge in [-0.3, -0.25) is 14.9 Å². The summed E-state index contributed by atoms with van der Waals surface area (Å²) < 4.78 is 1.06. The Hall–Kier alpha value is -2.74. The molecule has 0 aliphatic carbocycles. The molecule has 1 fully saturated rings. The zero-order valence-electron chi connectivity index (χ0n) is 13.7. The first kappa shape index (κ1) is 15.8. The van der Waals surface area contributed by atoms with Gasteiger partial charge in [-0.25, -0.2) is 9.98 Å². The largest absolute Gasteiger partial charge is 0.344 e. The van der Waals surface area contributed by atoms with Crippen molar-refractivity contribution in [1.82, 2.24) is 20.5 Å². The lowest BCUT2D eigenvalue weighted by atomic mass is 10.1. The van der Waals surface area contributed by atoms with Gasteiger partial charge < -0.3 is 10.2 Å². The molecule has 8 heteroatoms. The van der Waals surface area contributed by atoms with Crippen LogP contribution in [0.2, 0.25) is 0 Å². The van der Waals surface area contributed by atoms with Gasteiger partial charge in [0.15, 0.2) is 0 Å². The van der Waals surface area contributed by atoms with Crippen LogP contribution < -0.4 is 10.6 Å². The van der Waals surface area contributed by atoms with Crippen LogP contribution in [0.4, 0.5) is 0 Å². The highest BCUT2D eigenvalue weighted by molar-refractivity contribution is 7.16. The number of aromatic nitrogens is 1. The van der Waals surface area contributed by atoms with E-state index >= 15 is 0 Å². The number of benzene rings is 1. The highest BCUT2D eigenvalue weighted by Crippen LogP contribution is 2.21. The maximum absolute atomic E-state index is 12.2. The summed E-state index contributed by atoms with van der Waals surface area (Å²) in [6.45, 7) is 0.765. The van der Waals surface area contributed by atoms with Crippen LogP contribution >= 0.6 is 11.3 Å². The van der Waals surface area contributed by atoms with Crippen molar-refractivity contribution in [3.63, 3.8) is 0 Å². The molecule has 7 nitrogen and oxygen atoms in total. The first-order valence-corrected chi connectivity index (χ1v) is 8.94. The highest BCUT2D eigenvalue weighted by atomic mass is 32.1. The summed E-state index contributed by atoms with van der Waals surface area (Å²) in [5.74, 6) is 0.0866. The number of amides is 2. The SMILES string of the molecule is CN1CCC[C@@H](NC2=N/C(=C\c3ccc4ncsc4c3)C(=O)N2)C1=O. The number of rotatable bonds is 2. The summed E-state index contributed by atoms with van der Waals surface area (Å²) in [4.78, 5) is 34.5. The standard InChI is InChI=1S/C17H17N5O2S/c1-22-6-2-3-12(16(22)24)19-17-20-13(15(23)21-17)7-10-4-5-11-14(8-10)25-9-18-11/h4-5,7-9,12H,2-3,6H2,1H3,(H2,19,20,21,23)/b13-7-/t12-/m1/s1. The molecule has 0 saturated carbocycles. The number of likely N-dealkylation sites (tertiary alicyclic amines) is 1. The molecule has 2 aliphatic rings. The number of carbonyl (C=O) groups is 2. The van der Waals surface area contributed by atoms with E-state index in [0.29, 0.717) is 11.7 Å². The van der Waals surface area contributed by atoms with Crippen LogP contribution in [-0.4, -0.2) is 47.3 Å². The number of guanidine groups is 1. The molecular weight excluding hydrogens is 338 g/mol. The average Bonchev–Trinajstić information content (AvgIpc) is 3.18. The van der Waals surface area contributed by atoms with E-state index in [1.807, 2.05) is 18.2 Å². The number of fused-ring (bicyclic) bond motifs is 1. The van der Waals surface area contributed by atoms with Gasteiger partial charge in [-0.15, -0.1) is 11.3 Å². The quantitative estimate of drug-likeness (QED) is 0.796. The van der Waals surface area contributed by atoms with Crippen LogP contribution in [0.3, 0.4) is 0 Å². The third-order valence-electron chi connectivity index (χ3n) is 4.33. The van der Waals surface area contributed by atoms with E-state index in [1.54, 1.807) is 34.9 Å². The van der Waals surface area contributed by atoms with E-state index in [0.717, 1.165) is 35.2 Å². The van der Waals surface area contributed by atoms with E-state index in [9.17, 15) is 9.59 Å². The van der Waals surface area contributed by atoms with E-state index < -0.39 is 0 Å². The maximum Gasteiger partial charge on any atom is 0.276 e. The van der Waals surface area contributed by atoms with E-state index in [-0.39, 0.29) is 17.9 Å². The Kier molecular flexibility index (Phi) is 3.96. The van der Waals surface area contributed by atoms with Crippen molar-refractivity contribution >= 4 is 45.4 Å². The zero-order valence-corrected chi connectivity index (χ0v) is 14.5. The highest BCUT2D eigenvalue weighted by Gasteiger charge is 2.29. The summed E-state index contributed by atoms with van der Waals surface area (Å²) in [6, 6.07) is 5.46. The summed E-state index contributed by atoms with van der Waals surface area (Å²) in [5, 5.41) is 5.74. The number of nitrogens with zero attached hydrogens (tertiary/aromatic N) is 3. The van der Waals surface area contributed by atoms with Gasteiger partial charge in [-0.05, 0) is 36.6 Å². The number of hydrogen-bond acceptors (Lipinski definition) is 6. The molecule has 128 valence electrons. The van der Waals surface area contributed by atoms with Gasteiger partial charge in [0.2, 0.25) is 11.9 Å². The van der Waals surface area contributed by atoms with Gasteiger partial charge in [0.05, 0.1) is 15.7 Å². The zero-order chi connectivity index (χ0) is 17.4. The number of nitrogens with one attached hydrogen (secondary N) is 2. The van der Waals surface area contributed by atoms with Gasteiger partial charge >= 0.3 is 0 Å². The summed E-state index contributed by atoms with van der Waals surface area (Å²) in [6.07, 6.45) is 3.40. The first-order chi connectivity index (χ1) is 12.1. The molecule has 2 N–H and O–H groups in total. The Balaban J connectivity index is 1.54. The number of hydrogen-bond donors (Lipinski definition) is 2. The number of likely N-dealkylation sites (N-methyl/N-ethyl adjacent to an activating group) is 1. The predicted molar refractivity (Wildman–Crippen MR) is 97.0 cm³/mol. The molecule has 0 bridgehead atoms. The van der Waals surface area contributed by atoms with E-state index in [4.69, 9.17) is 0 Å². The fourth-order valence-electron chi connectivity index (χ4n) is 2.99. The Morgan fingerprint density at radius 3 is 3.16 bits per heavy atom. The number of aliphatic imine (C=N–C) groups is 1. The van der Waals surface area contributed by atoms with E-state index in [2.05, 4.69) is 20.6 Å². The van der Waals surface area contributed by atoms with E-state index in [1.165, 1.54) is 0 Å². The molecule has 2 aromatic rings. The fraction of sp³-hybridized carbons (Fsp3) is 0.294. The first-order valence-electron chi connectivity index (χ1n) is 8.07. The fourth-order valence-corrected chi connectivity index (χ4v) is 3.71. The molecule has 4 rings (SSSR count). The molecule has 0 radical (unpaired) electrons. The Morgan fingerprint density at radius 1 is 1.40 bits per heavy atom. The van der Waals surface area contributed by atoms with Crippen molar-refractivity contribution in [3.05, 3.63) is 35.0 Å². The lowest BCUT2D eigenvalue weighted by Crippen LogP contribution is -2.53. The molecule has 25 heavy (non-hydrogen) atoms. The Morgan fingerprint density at radius 2 is 2.28 bits per heavy atom. The maximum atomic E-state index is 12.2. The topological polar surface area (TPSA) is 86.7 Å². The lowest BCUT2D eigenvalue weighted by molar-refractivity contribution is -0.134. The van der Waals surface area contributed by atoms with Gasteiger partial charge in [0, 0.05) is 13.6 Å². The molecule has 0 spiro atoms. The van der Waals surface area contributed by atoms with Crippen LogP contribution in [0.15, 0.2) is 34.4 Å². The minimum absolute atomic E-state index is 0.0243. The normalized spacial score (nSPS) is 22.4. The molecule has 2 amide bonds. The number of piperidine rings is 1. The number of thiazole rings is 1. The lowest BCUT2D eigenvalue weighted by Gasteiger charge is -2.29. The second-order valence-electron chi connectivity index (χ2n) is 6.12. The molecular formula is C17H17N5O2S. The average molecular weight is 355 g/mol. The third-order valence-corrected chi connectivity index (χ3v) is 5.12. The summed E-state index contributed by atoms with van der Waals surface area (Å²) in [5.41, 5.74) is 3.94. The molecule has 1 saturated heterocycles. The molecule has 1 aromatic heterocycles. The monoisotopic (exact) mass is 355 g/mol. The second-order valence-corrected chi connectivity index (χ2v) is 7.01. The van der Waals surface area contributed by atoms with Crippen molar-refractivity contribution in [2.75, 3.05) is 13.6 Å². The van der Waals surface area contributed by atoms with Crippen molar-refractivity contribution in [3.8, 4) is 0 Å². The van der Waals surface area contributed by atoms with Crippen molar-refractivity contribution in [1.29, 1.82) is 0 Å². The summed E-state index contributed by atoms with van der Waals surface area (Å²) in [7, 11) is 1.78. The second kappa shape index (κ2) is 6.29. The third kappa shape index (κ3) is 3.12. The van der Waals surface area contributed by atoms with Crippen LogP contribution in [0, 0.1) is 0 Å². The van der Waals surface area contributed by atoms with Gasteiger partial charge in [-0.2, -0.15) is 0 Å². The van der Waals surface area contributed by atoms with Gasteiger partial charge in [0.1, 0.15) is 11.7 Å². The predicted octanol–water partition coefficient (Wildman–Crippen LogP) is 1.33. The van der Waals surface area contributed by atoms with Crippen molar-refractivity contribution in [2.24, 2.45) is 4.99 Å². The van der Waals surface area contributed by atoms with Gasteiger partial charge in [0.25, 0.3) is 5.91 Å². The van der Waals surface area contributed by atoms with Gasteiger partial charge in [-0.1, -0.05) is 6.07 Å². The molecule has 3 heterocycles. The Bertz CT molecular complexity index is 917. The van der Waals surface area contributed by atoms with Crippen LogP contribution in [0.25, 0.3) is 16.3 Å². The number of carbonyl (C=O) groups excluding carboxylic acids is 2. The van der Waals surface area contributed by atoms with Crippen LogP contribution in [0.1, 0.15) is 18.4 Å². The molecule has 0 unspecified atom stereocenters. The molecule has 2 aliphatic heterocycles. The minimum atomic E-state index is -0.342. The van der Waals surface area contributed by atoms with Crippen molar-refractivity contribution < 1.29 is 9.59 Å². The minimum Gasteiger partial charge on any atom is -0.344 e. The molecule has 1 aromatic carbocycles. The Labute approximate surface area is 148 Å². The molecule has 1 atom stereocenters. The smallest absolute Gasteiger partial charge is 0.276 e. The van der Waals surface area contributed by atoms with Crippen LogP contribution in [-0.2, 0) is 9.59 Å². The van der Waals surface area contributed by atoms with Crippen LogP contribution in [0.5, 0.6) is 0 Å². The van der Waals surface area contributed by atoms with Crippen molar-refractivity contribution in [2.45, 2.75) is 18.9 Å². The summed E-state index contributed by atoms with van der Waals surface area (Å²) >= 11 is 1.55.